The molecule has 3 aromatic rings. The number of benzene rings is 1. The Bertz CT molecular complexity index is 986. The lowest BCUT2D eigenvalue weighted by Gasteiger charge is -2.06. The second-order valence-electron chi connectivity index (χ2n) is 6.49. The highest BCUT2D eigenvalue weighted by Crippen LogP contribution is 2.24. The number of hydrogen-bond donors (Lipinski definition) is 2. The second-order valence-corrected chi connectivity index (χ2v) is 6.49. The van der Waals surface area contributed by atoms with Crippen LogP contribution in [0.5, 0.6) is 0 Å². The van der Waals surface area contributed by atoms with Gasteiger partial charge in [-0.3, -0.25) is 4.79 Å². The van der Waals surface area contributed by atoms with Crippen LogP contribution in [-0.2, 0) is 22.6 Å². The number of alkyl halides is 3. The molecular weight excluding hydrogens is 436 g/mol. The van der Waals surface area contributed by atoms with Crippen molar-refractivity contribution in [1.29, 1.82) is 0 Å². The first-order valence-corrected chi connectivity index (χ1v) is 9.39. The van der Waals surface area contributed by atoms with Gasteiger partial charge in [0.1, 0.15) is 5.82 Å². The summed E-state index contributed by atoms with van der Waals surface area (Å²) in [5, 5.41) is 13.8. The zero-order valence-corrected chi connectivity index (χ0v) is 16.7. The lowest BCUT2D eigenvalue weighted by atomic mass is 10.1. The first-order valence-electron chi connectivity index (χ1n) is 9.39. The zero-order valence-electron chi connectivity index (χ0n) is 16.7. The highest BCUT2D eigenvalue weighted by molar-refractivity contribution is 5.76. The maximum atomic E-state index is 13.0. The van der Waals surface area contributed by atoms with Crippen molar-refractivity contribution in [2.24, 2.45) is 0 Å². The molecule has 0 aliphatic carbocycles. The highest BCUT2D eigenvalue weighted by Gasteiger charge is 2.38. The van der Waals surface area contributed by atoms with Crippen LogP contribution in [-0.4, -0.2) is 44.4 Å². The van der Waals surface area contributed by atoms with Gasteiger partial charge in [0, 0.05) is 43.0 Å². The molecule has 0 fully saturated rings. The van der Waals surface area contributed by atoms with Crippen molar-refractivity contribution in [2.75, 3.05) is 6.54 Å². The van der Waals surface area contributed by atoms with Crippen LogP contribution in [0.4, 0.5) is 17.6 Å². The van der Waals surface area contributed by atoms with Gasteiger partial charge in [0.05, 0.1) is 12.5 Å². The van der Waals surface area contributed by atoms with Gasteiger partial charge in [-0.05, 0) is 37.1 Å². The molecule has 0 spiro atoms. The number of amides is 1. The molecule has 2 heterocycles. The summed E-state index contributed by atoms with van der Waals surface area (Å²) < 4.78 is 52.0. The summed E-state index contributed by atoms with van der Waals surface area (Å²) in [5.74, 6) is -2.50. The van der Waals surface area contributed by atoms with Crippen LogP contribution in [0.15, 0.2) is 53.7 Å². The SMILES string of the molecule is O=C(CCc1cnoc1-c1ccc(F)cc1)NCCCn1ccnc1.O=C(O)C(F)(F)F. The number of aliphatic carboxylic acids is 1. The minimum Gasteiger partial charge on any atom is -0.475 e. The average Bonchev–Trinajstić information content (AvgIpc) is 3.42. The molecule has 0 aliphatic heterocycles. The number of nitrogens with one attached hydrogen (secondary N) is 1. The van der Waals surface area contributed by atoms with Crippen molar-refractivity contribution in [3.63, 3.8) is 0 Å². The van der Waals surface area contributed by atoms with E-state index in [1.54, 1.807) is 30.9 Å². The number of carbonyl (C=O) groups is 2. The van der Waals surface area contributed by atoms with E-state index >= 15 is 0 Å². The predicted molar refractivity (Wildman–Crippen MR) is 104 cm³/mol. The first-order chi connectivity index (χ1) is 15.2. The van der Waals surface area contributed by atoms with E-state index in [0.29, 0.717) is 25.1 Å². The Labute approximate surface area is 179 Å². The molecule has 0 saturated carbocycles. The lowest BCUT2D eigenvalue weighted by Crippen LogP contribution is -2.25. The van der Waals surface area contributed by atoms with Crippen molar-refractivity contribution < 1.29 is 36.8 Å². The number of rotatable bonds is 8. The number of aromatic nitrogens is 3. The fourth-order valence-electron chi connectivity index (χ4n) is 2.52. The summed E-state index contributed by atoms with van der Waals surface area (Å²) in [4.78, 5) is 24.8. The Morgan fingerprint density at radius 3 is 2.47 bits per heavy atom. The van der Waals surface area contributed by atoms with E-state index in [4.69, 9.17) is 14.4 Å². The van der Waals surface area contributed by atoms with Crippen LogP contribution in [0, 0.1) is 5.82 Å². The monoisotopic (exact) mass is 456 g/mol. The van der Waals surface area contributed by atoms with Gasteiger partial charge >= 0.3 is 12.1 Å². The number of carbonyl (C=O) groups excluding carboxylic acids is 1. The van der Waals surface area contributed by atoms with Crippen LogP contribution in [0.1, 0.15) is 18.4 Å². The average molecular weight is 456 g/mol. The molecule has 12 heteroatoms. The number of aryl methyl sites for hydroxylation is 2. The number of imidazole rings is 1. The van der Waals surface area contributed by atoms with Crippen LogP contribution in [0.3, 0.4) is 0 Å². The molecule has 0 atom stereocenters. The number of nitrogens with zero attached hydrogens (tertiary/aromatic N) is 3. The van der Waals surface area contributed by atoms with Gasteiger partial charge in [0.15, 0.2) is 5.76 Å². The molecule has 1 aromatic carbocycles. The van der Waals surface area contributed by atoms with Crippen molar-refractivity contribution in [1.82, 2.24) is 20.0 Å². The standard InChI is InChI=1S/C18H19FN4O2.C2HF3O2/c19-16-5-2-14(3-6-16)18-15(12-22-25-18)4-7-17(24)21-8-1-10-23-11-9-20-13-23;3-2(4,5)1(6)7/h2-3,5-6,9,11-13H,1,4,7-8,10H2,(H,21,24);(H,6,7). The van der Waals surface area contributed by atoms with Gasteiger partial charge in [-0.15, -0.1) is 0 Å². The summed E-state index contributed by atoms with van der Waals surface area (Å²) in [5.41, 5.74) is 1.58. The third-order valence-corrected chi connectivity index (χ3v) is 4.09. The summed E-state index contributed by atoms with van der Waals surface area (Å²) >= 11 is 0. The summed E-state index contributed by atoms with van der Waals surface area (Å²) in [6.45, 7) is 1.44. The molecule has 2 N–H and O–H groups in total. The van der Waals surface area contributed by atoms with Crippen LogP contribution in [0.2, 0.25) is 0 Å². The smallest absolute Gasteiger partial charge is 0.475 e. The minimum atomic E-state index is -5.08. The van der Waals surface area contributed by atoms with E-state index in [2.05, 4.69) is 15.5 Å². The van der Waals surface area contributed by atoms with E-state index in [9.17, 15) is 22.4 Å². The number of hydrogen-bond acceptors (Lipinski definition) is 5. The highest BCUT2D eigenvalue weighted by atomic mass is 19.4. The van der Waals surface area contributed by atoms with Gasteiger partial charge < -0.3 is 19.5 Å². The Morgan fingerprint density at radius 2 is 1.88 bits per heavy atom. The Hall–Kier alpha value is -3.70. The molecule has 1 amide bonds. The van der Waals surface area contributed by atoms with E-state index in [1.165, 1.54) is 12.1 Å². The molecule has 0 radical (unpaired) electrons. The maximum Gasteiger partial charge on any atom is 0.490 e. The summed E-state index contributed by atoms with van der Waals surface area (Å²) in [6, 6.07) is 6.01. The molecule has 3 rings (SSSR count). The molecule has 0 saturated heterocycles. The third-order valence-electron chi connectivity index (χ3n) is 4.09. The molecule has 2 aromatic heterocycles. The van der Waals surface area contributed by atoms with Crippen LogP contribution < -0.4 is 5.32 Å². The van der Waals surface area contributed by atoms with E-state index in [-0.39, 0.29) is 11.7 Å². The fraction of sp³-hybridized carbons (Fsp3) is 0.300. The molecule has 0 bridgehead atoms. The van der Waals surface area contributed by atoms with Crippen molar-refractivity contribution in [3.8, 4) is 11.3 Å². The molecule has 8 nitrogen and oxygen atoms in total. The van der Waals surface area contributed by atoms with Crippen LogP contribution in [0.25, 0.3) is 11.3 Å². The first kappa shape index (κ1) is 24.6. The molecule has 0 unspecified atom stereocenters. The number of halogens is 4. The fourth-order valence-corrected chi connectivity index (χ4v) is 2.52. The van der Waals surface area contributed by atoms with Gasteiger partial charge in [-0.25, -0.2) is 14.2 Å². The predicted octanol–water partition coefficient (Wildman–Crippen LogP) is 3.45. The number of carboxylic acid groups (broad SMARTS) is 1. The van der Waals surface area contributed by atoms with Crippen molar-refractivity contribution >= 4 is 11.9 Å². The molecule has 32 heavy (non-hydrogen) atoms. The van der Waals surface area contributed by atoms with E-state index < -0.39 is 12.1 Å². The van der Waals surface area contributed by atoms with Gasteiger partial charge in [-0.2, -0.15) is 13.2 Å². The third kappa shape index (κ3) is 8.20. The van der Waals surface area contributed by atoms with E-state index in [0.717, 1.165) is 24.1 Å². The quantitative estimate of drug-likeness (QED) is 0.397. The zero-order chi connectivity index (χ0) is 23.6. The largest absolute Gasteiger partial charge is 0.490 e. The lowest BCUT2D eigenvalue weighted by molar-refractivity contribution is -0.192. The van der Waals surface area contributed by atoms with E-state index in [1.807, 2.05) is 10.8 Å². The van der Waals surface area contributed by atoms with Gasteiger partial charge in [0.25, 0.3) is 0 Å². The topological polar surface area (TPSA) is 110 Å². The van der Waals surface area contributed by atoms with Gasteiger partial charge in [0.2, 0.25) is 5.91 Å². The molecule has 0 aliphatic rings. The number of carboxylic acids is 1. The molecule has 172 valence electrons. The molecular formula is C20H20F4N4O4. The van der Waals surface area contributed by atoms with Crippen LogP contribution >= 0.6 is 0 Å². The maximum absolute atomic E-state index is 13.0. The van der Waals surface area contributed by atoms with Crippen molar-refractivity contribution in [2.45, 2.75) is 32.0 Å². The van der Waals surface area contributed by atoms with Gasteiger partial charge in [-0.1, -0.05) is 5.16 Å². The summed E-state index contributed by atoms with van der Waals surface area (Å²) in [7, 11) is 0. The normalized spacial score (nSPS) is 10.9. The Kier molecular flexibility index (Phi) is 8.93. The van der Waals surface area contributed by atoms with Crippen molar-refractivity contribution in [3.05, 3.63) is 60.6 Å². The Morgan fingerprint density at radius 1 is 1.19 bits per heavy atom. The Balaban J connectivity index is 0.000000451. The minimum absolute atomic E-state index is 0.0168. The summed E-state index contributed by atoms with van der Waals surface area (Å²) in [6.07, 6.45) is 3.61. The second kappa shape index (κ2) is 11.6.